The quantitative estimate of drug-likeness (QED) is 0.906. The first-order valence-corrected chi connectivity index (χ1v) is 7.22. The summed E-state index contributed by atoms with van der Waals surface area (Å²) < 4.78 is 0. The fraction of sp³-hybridized carbons (Fsp3) is 0.688. The summed E-state index contributed by atoms with van der Waals surface area (Å²) in [5, 5.41) is 10.2. The second-order valence-electron chi connectivity index (χ2n) is 6.79. The van der Waals surface area contributed by atoms with Crippen molar-refractivity contribution in [1.29, 1.82) is 0 Å². The van der Waals surface area contributed by atoms with Gasteiger partial charge in [-0.3, -0.25) is 4.98 Å². The molecule has 0 radical (unpaired) electrons. The lowest BCUT2D eigenvalue weighted by molar-refractivity contribution is 0.00672. The third-order valence-electron chi connectivity index (χ3n) is 4.20. The van der Waals surface area contributed by atoms with Crippen LogP contribution in [0.2, 0.25) is 0 Å². The fourth-order valence-corrected chi connectivity index (χ4v) is 3.18. The van der Waals surface area contributed by atoms with Gasteiger partial charge in [0.15, 0.2) is 0 Å². The lowest BCUT2D eigenvalue weighted by Gasteiger charge is -2.40. The van der Waals surface area contributed by atoms with Crippen LogP contribution in [0.3, 0.4) is 0 Å². The number of aromatic nitrogens is 1. The summed E-state index contributed by atoms with van der Waals surface area (Å²) in [6.07, 6.45) is 6.78. The van der Waals surface area contributed by atoms with E-state index in [1.54, 1.807) is 6.20 Å². The molecule has 0 spiro atoms. The van der Waals surface area contributed by atoms with Gasteiger partial charge in [-0.25, -0.2) is 0 Å². The lowest BCUT2D eigenvalue weighted by atomic mass is 9.71. The van der Waals surface area contributed by atoms with Crippen molar-refractivity contribution in [3.8, 4) is 0 Å². The molecule has 1 N–H and O–H groups in total. The number of aliphatic hydroxyl groups is 1. The molecule has 1 fully saturated rings. The van der Waals surface area contributed by atoms with Crippen LogP contribution in [0.15, 0.2) is 24.5 Å². The van der Waals surface area contributed by atoms with Crippen LogP contribution >= 0.6 is 0 Å². The molecule has 0 bridgehead atoms. The van der Waals surface area contributed by atoms with Crippen LogP contribution in [0.4, 0.5) is 0 Å². The molecule has 0 aliphatic heterocycles. The molecule has 2 rings (SSSR count). The third-order valence-corrected chi connectivity index (χ3v) is 4.20. The van der Waals surface area contributed by atoms with E-state index >= 15 is 0 Å². The summed E-state index contributed by atoms with van der Waals surface area (Å²) in [6.45, 7) is 6.48. The minimum Gasteiger partial charge on any atom is -0.393 e. The van der Waals surface area contributed by atoms with Crippen LogP contribution in [0, 0.1) is 11.3 Å². The third kappa shape index (κ3) is 4.29. The molecule has 0 aromatic carbocycles. The highest BCUT2D eigenvalue weighted by atomic mass is 16.3. The largest absolute Gasteiger partial charge is 0.393 e. The van der Waals surface area contributed by atoms with Crippen LogP contribution in [0.25, 0.3) is 0 Å². The van der Waals surface area contributed by atoms with Crippen molar-refractivity contribution in [1.82, 2.24) is 9.88 Å². The summed E-state index contributed by atoms with van der Waals surface area (Å²) in [5.74, 6) is 0.394. The highest BCUT2D eigenvalue weighted by molar-refractivity contribution is 5.08. The molecule has 2 atom stereocenters. The van der Waals surface area contributed by atoms with Crippen molar-refractivity contribution < 1.29 is 5.11 Å². The lowest BCUT2D eigenvalue weighted by Crippen LogP contribution is -2.39. The van der Waals surface area contributed by atoms with Crippen molar-refractivity contribution in [3.63, 3.8) is 0 Å². The number of nitrogens with zero attached hydrogens (tertiary/aromatic N) is 2. The van der Waals surface area contributed by atoms with Gasteiger partial charge in [0.1, 0.15) is 0 Å². The van der Waals surface area contributed by atoms with Gasteiger partial charge in [-0.05, 0) is 49.3 Å². The van der Waals surface area contributed by atoms with Gasteiger partial charge < -0.3 is 10.0 Å². The van der Waals surface area contributed by atoms with Crippen LogP contribution in [-0.2, 0) is 6.54 Å². The minimum absolute atomic E-state index is 0.135. The normalized spacial score (nSPS) is 26.6. The van der Waals surface area contributed by atoms with Crippen molar-refractivity contribution >= 4 is 0 Å². The molecule has 1 aliphatic rings. The molecule has 3 nitrogen and oxygen atoms in total. The summed E-state index contributed by atoms with van der Waals surface area (Å²) in [4.78, 5) is 6.44. The fourth-order valence-electron chi connectivity index (χ4n) is 3.18. The zero-order valence-corrected chi connectivity index (χ0v) is 12.3. The van der Waals surface area contributed by atoms with E-state index in [1.165, 1.54) is 5.56 Å². The molecule has 1 heterocycles. The van der Waals surface area contributed by atoms with E-state index in [9.17, 15) is 5.11 Å². The second-order valence-corrected chi connectivity index (χ2v) is 6.79. The van der Waals surface area contributed by atoms with Gasteiger partial charge in [0, 0.05) is 25.5 Å². The monoisotopic (exact) mass is 262 g/mol. The van der Waals surface area contributed by atoms with Gasteiger partial charge in [0.2, 0.25) is 0 Å². The maximum Gasteiger partial charge on any atom is 0.0581 e. The summed E-state index contributed by atoms with van der Waals surface area (Å²) in [6, 6.07) is 4.08. The Bertz CT molecular complexity index is 391. The smallest absolute Gasteiger partial charge is 0.0581 e. The van der Waals surface area contributed by atoms with Crippen molar-refractivity contribution in [2.24, 2.45) is 11.3 Å². The first-order valence-electron chi connectivity index (χ1n) is 7.22. The highest BCUT2D eigenvalue weighted by Crippen LogP contribution is 2.38. The Balaban J connectivity index is 1.89. The van der Waals surface area contributed by atoms with E-state index < -0.39 is 0 Å². The Morgan fingerprint density at radius 2 is 2.26 bits per heavy atom. The van der Waals surface area contributed by atoms with E-state index in [-0.39, 0.29) is 6.10 Å². The molecule has 1 aromatic rings. The van der Waals surface area contributed by atoms with Crippen molar-refractivity contribution in [2.75, 3.05) is 13.6 Å². The first kappa shape index (κ1) is 14.5. The summed E-state index contributed by atoms with van der Waals surface area (Å²) in [7, 11) is 2.13. The molecule has 1 aromatic heterocycles. The highest BCUT2D eigenvalue weighted by Gasteiger charge is 2.34. The number of rotatable bonds is 4. The molecule has 2 unspecified atom stereocenters. The van der Waals surface area contributed by atoms with Crippen LogP contribution in [0.1, 0.15) is 38.7 Å². The van der Waals surface area contributed by atoms with Crippen LogP contribution in [0.5, 0.6) is 0 Å². The average molecular weight is 262 g/mol. The van der Waals surface area contributed by atoms with E-state index in [1.807, 2.05) is 12.3 Å². The van der Waals surface area contributed by atoms with E-state index in [0.29, 0.717) is 11.3 Å². The Morgan fingerprint density at radius 3 is 2.95 bits per heavy atom. The number of hydrogen-bond acceptors (Lipinski definition) is 3. The van der Waals surface area contributed by atoms with Gasteiger partial charge in [0.25, 0.3) is 0 Å². The molecule has 3 heteroatoms. The molecule has 0 amide bonds. The molecule has 0 saturated heterocycles. The minimum atomic E-state index is -0.135. The molecule has 1 saturated carbocycles. The van der Waals surface area contributed by atoms with Gasteiger partial charge in [-0.2, -0.15) is 0 Å². The molecule has 1 aliphatic carbocycles. The average Bonchev–Trinajstić information content (AvgIpc) is 2.35. The van der Waals surface area contributed by atoms with Crippen molar-refractivity contribution in [3.05, 3.63) is 30.1 Å². The maximum absolute atomic E-state index is 10.2. The Labute approximate surface area is 116 Å². The van der Waals surface area contributed by atoms with Gasteiger partial charge in [-0.1, -0.05) is 19.9 Å². The maximum atomic E-state index is 10.2. The molecule has 19 heavy (non-hydrogen) atoms. The standard InChI is InChI=1S/C16H26N2O/c1-16(2)7-6-15(19)14(9-16)12-18(3)11-13-5-4-8-17-10-13/h4-5,8,10,14-15,19H,6-7,9,11-12H2,1-3H3. The zero-order chi connectivity index (χ0) is 13.9. The summed E-state index contributed by atoms with van der Waals surface area (Å²) >= 11 is 0. The Kier molecular flexibility index (Phi) is 4.58. The van der Waals surface area contributed by atoms with Crippen LogP contribution in [-0.4, -0.2) is 34.7 Å². The van der Waals surface area contributed by atoms with Crippen LogP contribution < -0.4 is 0 Å². The molecule has 106 valence electrons. The van der Waals surface area contributed by atoms with Gasteiger partial charge in [0.05, 0.1) is 6.10 Å². The predicted octanol–water partition coefficient (Wildman–Crippen LogP) is 2.70. The van der Waals surface area contributed by atoms with Gasteiger partial charge in [-0.15, -0.1) is 0 Å². The van der Waals surface area contributed by atoms with E-state index in [4.69, 9.17) is 0 Å². The number of hydrogen-bond donors (Lipinski definition) is 1. The topological polar surface area (TPSA) is 36.4 Å². The number of aliphatic hydroxyl groups excluding tert-OH is 1. The Morgan fingerprint density at radius 1 is 1.47 bits per heavy atom. The molecular weight excluding hydrogens is 236 g/mol. The predicted molar refractivity (Wildman–Crippen MR) is 77.7 cm³/mol. The summed E-state index contributed by atoms with van der Waals surface area (Å²) in [5.41, 5.74) is 1.61. The SMILES string of the molecule is CN(Cc1cccnc1)CC1CC(C)(C)CCC1O. The van der Waals surface area contributed by atoms with E-state index in [0.717, 1.165) is 32.4 Å². The van der Waals surface area contributed by atoms with Crippen molar-refractivity contribution in [2.45, 2.75) is 45.8 Å². The van der Waals surface area contributed by atoms with Gasteiger partial charge >= 0.3 is 0 Å². The second kappa shape index (κ2) is 6.02. The Hall–Kier alpha value is -0.930. The number of pyridine rings is 1. The zero-order valence-electron chi connectivity index (χ0n) is 12.3. The molecular formula is C16H26N2O. The van der Waals surface area contributed by atoms with E-state index in [2.05, 4.69) is 36.8 Å². The first-order chi connectivity index (χ1) is 8.96.